The number of rotatable bonds is 2. The molecule has 0 aromatic carbocycles. The molecule has 0 amide bonds. The van der Waals surface area contributed by atoms with E-state index in [1.54, 1.807) is 0 Å². The topological polar surface area (TPSA) is 38.3 Å². The van der Waals surface area contributed by atoms with Crippen molar-refractivity contribution in [2.24, 2.45) is 5.92 Å². The maximum atomic E-state index is 10.8. The number of esters is 1. The van der Waals surface area contributed by atoms with Gasteiger partial charge in [-0.15, -0.1) is 0 Å². The minimum Gasteiger partial charge on any atom is -0.469 e. The summed E-state index contributed by atoms with van der Waals surface area (Å²) in [6.45, 7) is 3.21. The van der Waals surface area contributed by atoms with Crippen molar-refractivity contribution in [2.45, 2.75) is 25.8 Å². The van der Waals surface area contributed by atoms with Gasteiger partial charge in [-0.3, -0.25) is 4.79 Å². The van der Waals surface area contributed by atoms with Crippen molar-refractivity contribution >= 4 is 5.97 Å². The number of nitrogens with one attached hydrogen (secondary N) is 1. The lowest BCUT2D eigenvalue weighted by Gasteiger charge is -2.06. The number of carbonyl (C=O) groups is 1. The highest BCUT2D eigenvalue weighted by molar-refractivity contribution is 5.69. The van der Waals surface area contributed by atoms with Gasteiger partial charge < -0.3 is 10.1 Å². The predicted molar refractivity (Wildman–Crippen MR) is 42.2 cm³/mol. The lowest BCUT2D eigenvalue weighted by atomic mass is 10.1. The monoisotopic (exact) mass is 157 g/mol. The SMILES string of the molecule is COC(=O)CC1CC(C)CN1. The van der Waals surface area contributed by atoms with E-state index in [0.29, 0.717) is 18.4 Å². The number of ether oxygens (including phenoxy) is 1. The molecule has 0 aromatic heterocycles. The van der Waals surface area contributed by atoms with Crippen LogP contribution in [0.3, 0.4) is 0 Å². The molecule has 0 spiro atoms. The predicted octanol–water partition coefficient (Wildman–Crippen LogP) is 0.547. The molecule has 1 heterocycles. The van der Waals surface area contributed by atoms with E-state index in [1.165, 1.54) is 7.11 Å². The first-order valence-electron chi connectivity index (χ1n) is 4.02. The van der Waals surface area contributed by atoms with E-state index in [9.17, 15) is 4.79 Å². The molecule has 1 saturated heterocycles. The average molecular weight is 157 g/mol. The lowest BCUT2D eigenvalue weighted by molar-refractivity contribution is -0.141. The van der Waals surface area contributed by atoms with Gasteiger partial charge in [0, 0.05) is 6.04 Å². The Morgan fingerprint density at radius 3 is 2.91 bits per heavy atom. The summed E-state index contributed by atoms with van der Waals surface area (Å²) in [6, 6.07) is 0.345. The van der Waals surface area contributed by atoms with Gasteiger partial charge in [-0.05, 0) is 18.9 Å². The van der Waals surface area contributed by atoms with Crippen LogP contribution in [0, 0.1) is 5.92 Å². The third kappa shape index (κ3) is 2.50. The van der Waals surface area contributed by atoms with Gasteiger partial charge in [0.05, 0.1) is 13.5 Å². The molecular weight excluding hydrogens is 142 g/mol. The second kappa shape index (κ2) is 3.72. The van der Waals surface area contributed by atoms with Crippen LogP contribution >= 0.6 is 0 Å². The molecule has 11 heavy (non-hydrogen) atoms. The molecule has 2 atom stereocenters. The first kappa shape index (κ1) is 8.53. The van der Waals surface area contributed by atoms with Crippen molar-refractivity contribution in [2.75, 3.05) is 13.7 Å². The molecule has 0 radical (unpaired) electrons. The molecule has 2 unspecified atom stereocenters. The van der Waals surface area contributed by atoms with Crippen molar-refractivity contribution in [3.05, 3.63) is 0 Å². The van der Waals surface area contributed by atoms with Gasteiger partial charge in [0.2, 0.25) is 0 Å². The van der Waals surface area contributed by atoms with E-state index >= 15 is 0 Å². The Kier molecular flexibility index (Phi) is 2.88. The summed E-state index contributed by atoms with van der Waals surface area (Å²) >= 11 is 0. The Balaban J connectivity index is 2.23. The highest BCUT2D eigenvalue weighted by Crippen LogP contribution is 2.15. The van der Waals surface area contributed by atoms with Gasteiger partial charge in [0.1, 0.15) is 0 Å². The second-order valence-electron chi connectivity index (χ2n) is 3.23. The third-order valence-electron chi connectivity index (χ3n) is 2.08. The quantitative estimate of drug-likeness (QED) is 0.595. The maximum absolute atomic E-state index is 10.8. The van der Waals surface area contributed by atoms with E-state index in [-0.39, 0.29) is 5.97 Å². The van der Waals surface area contributed by atoms with Gasteiger partial charge in [0.25, 0.3) is 0 Å². The third-order valence-corrected chi connectivity index (χ3v) is 2.08. The van der Waals surface area contributed by atoms with Crippen molar-refractivity contribution in [3.63, 3.8) is 0 Å². The molecule has 1 aliphatic rings. The first-order chi connectivity index (χ1) is 5.22. The highest BCUT2D eigenvalue weighted by Gasteiger charge is 2.22. The summed E-state index contributed by atoms with van der Waals surface area (Å²) in [6.07, 6.45) is 1.61. The molecular formula is C8H15NO2. The number of carbonyl (C=O) groups excluding carboxylic acids is 1. The first-order valence-corrected chi connectivity index (χ1v) is 4.02. The highest BCUT2D eigenvalue weighted by atomic mass is 16.5. The zero-order valence-electron chi connectivity index (χ0n) is 7.09. The van der Waals surface area contributed by atoms with E-state index in [0.717, 1.165) is 13.0 Å². The van der Waals surface area contributed by atoms with Gasteiger partial charge in [-0.2, -0.15) is 0 Å². The van der Waals surface area contributed by atoms with Gasteiger partial charge in [-0.25, -0.2) is 0 Å². The van der Waals surface area contributed by atoms with E-state index in [1.807, 2.05) is 0 Å². The maximum Gasteiger partial charge on any atom is 0.307 e. The van der Waals surface area contributed by atoms with Gasteiger partial charge >= 0.3 is 5.97 Å². The van der Waals surface area contributed by atoms with Crippen LogP contribution in [0.1, 0.15) is 19.8 Å². The van der Waals surface area contributed by atoms with Crippen LogP contribution in [0.15, 0.2) is 0 Å². The molecule has 1 fully saturated rings. The molecule has 0 saturated carbocycles. The molecule has 0 bridgehead atoms. The molecule has 0 aliphatic carbocycles. The molecule has 0 aromatic rings. The minimum atomic E-state index is -0.114. The average Bonchev–Trinajstić information content (AvgIpc) is 2.35. The number of hydrogen-bond acceptors (Lipinski definition) is 3. The largest absolute Gasteiger partial charge is 0.469 e. The standard InChI is InChI=1S/C8H15NO2/c1-6-3-7(9-5-6)4-8(10)11-2/h6-7,9H,3-5H2,1-2H3. The summed E-state index contributed by atoms with van der Waals surface area (Å²) in [7, 11) is 1.43. The smallest absolute Gasteiger partial charge is 0.307 e. The Labute approximate surface area is 67.1 Å². The van der Waals surface area contributed by atoms with Crippen LogP contribution in [0.5, 0.6) is 0 Å². The number of methoxy groups -OCH3 is 1. The molecule has 1 N–H and O–H groups in total. The van der Waals surface area contributed by atoms with Crippen LogP contribution in [0.25, 0.3) is 0 Å². The zero-order valence-corrected chi connectivity index (χ0v) is 7.09. The van der Waals surface area contributed by atoms with Crippen LogP contribution in [-0.4, -0.2) is 25.7 Å². The van der Waals surface area contributed by atoms with Crippen LogP contribution < -0.4 is 5.32 Å². The summed E-state index contributed by atoms with van der Waals surface area (Å²) in [5, 5.41) is 3.27. The minimum absolute atomic E-state index is 0.114. The molecule has 3 nitrogen and oxygen atoms in total. The Hall–Kier alpha value is -0.570. The Morgan fingerprint density at radius 2 is 2.45 bits per heavy atom. The van der Waals surface area contributed by atoms with Gasteiger partial charge in [0.15, 0.2) is 0 Å². The van der Waals surface area contributed by atoms with Crippen LogP contribution in [-0.2, 0) is 9.53 Å². The summed E-state index contributed by atoms with van der Waals surface area (Å²) < 4.78 is 4.57. The zero-order chi connectivity index (χ0) is 8.27. The summed E-state index contributed by atoms with van der Waals surface area (Å²) in [4.78, 5) is 10.8. The molecule has 1 rings (SSSR count). The fraction of sp³-hybridized carbons (Fsp3) is 0.875. The van der Waals surface area contributed by atoms with E-state index in [4.69, 9.17) is 0 Å². The van der Waals surface area contributed by atoms with E-state index < -0.39 is 0 Å². The summed E-state index contributed by atoms with van der Waals surface area (Å²) in [5.41, 5.74) is 0. The van der Waals surface area contributed by atoms with Crippen molar-refractivity contribution in [1.29, 1.82) is 0 Å². The van der Waals surface area contributed by atoms with E-state index in [2.05, 4.69) is 17.0 Å². The normalized spacial score (nSPS) is 30.4. The molecule has 64 valence electrons. The van der Waals surface area contributed by atoms with Crippen LogP contribution in [0.4, 0.5) is 0 Å². The summed E-state index contributed by atoms with van der Waals surface area (Å²) in [5.74, 6) is 0.584. The van der Waals surface area contributed by atoms with Crippen molar-refractivity contribution in [3.8, 4) is 0 Å². The Morgan fingerprint density at radius 1 is 1.73 bits per heavy atom. The lowest BCUT2D eigenvalue weighted by Crippen LogP contribution is -2.24. The second-order valence-corrected chi connectivity index (χ2v) is 3.23. The van der Waals surface area contributed by atoms with Crippen molar-refractivity contribution < 1.29 is 9.53 Å². The van der Waals surface area contributed by atoms with Crippen molar-refractivity contribution in [1.82, 2.24) is 5.32 Å². The Bertz CT molecular complexity index is 147. The fourth-order valence-electron chi connectivity index (χ4n) is 1.46. The van der Waals surface area contributed by atoms with Gasteiger partial charge in [-0.1, -0.05) is 6.92 Å². The molecule has 1 aliphatic heterocycles. The molecule has 3 heteroatoms. The van der Waals surface area contributed by atoms with Crippen LogP contribution in [0.2, 0.25) is 0 Å². The fourth-order valence-corrected chi connectivity index (χ4v) is 1.46. The number of hydrogen-bond donors (Lipinski definition) is 1.